The molecule has 1 aliphatic heterocycles. The zero-order valence-electron chi connectivity index (χ0n) is 12.9. The van der Waals surface area contributed by atoms with E-state index in [0.29, 0.717) is 16.1 Å². The lowest BCUT2D eigenvalue weighted by molar-refractivity contribution is -0.186. The predicted octanol–water partition coefficient (Wildman–Crippen LogP) is 1.86. The van der Waals surface area contributed by atoms with Crippen molar-refractivity contribution in [2.45, 2.75) is 19.0 Å². The van der Waals surface area contributed by atoms with Crippen LogP contribution in [0.2, 0.25) is 0 Å². The number of carbonyl (C=O) groups excluding carboxylic acids is 2. The van der Waals surface area contributed by atoms with E-state index in [0.717, 1.165) is 0 Å². The summed E-state index contributed by atoms with van der Waals surface area (Å²) in [6, 6.07) is 4.63. The van der Waals surface area contributed by atoms with E-state index in [1.807, 2.05) is 0 Å². The minimum absolute atomic E-state index is 0.123. The number of alkyl halides is 3. The number of piperidine rings is 1. The van der Waals surface area contributed by atoms with Gasteiger partial charge in [-0.15, -0.1) is 0 Å². The number of carbonyl (C=O) groups is 2. The van der Waals surface area contributed by atoms with E-state index < -0.39 is 23.8 Å². The van der Waals surface area contributed by atoms with Crippen LogP contribution in [0.5, 0.6) is 0 Å². The number of nitrogens with zero attached hydrogens (tertiary/aromatic N) is 1. The number of likely N-dealkylation sites (tertiary alicyclic amines) is 1. The summed E-state index contributed by atoms with van der Waals surface area (Å²) < 4.78 is 42.1. The minimum Gasteiger partial charge on any atom is -0.408 e. The maximum absolute atomic E-state index is 12.4. The Balaban J connectivity index is 1.60. The number of nitrogens with one attached hydrogen (secondary N) is 2. The van der Waals surface area contributed by atoms with Gasteiger partial charge in [-0.2, -0.15) is 13.2 Å². The zero-order valence-corrected chi connectivity index (χ0v) is 12.9. The molecular formula is C15H14F3N3O4. The van der Waals surface area contributed by atoms with Crippen molar-refractivity contribution in [1.82, 2.24) is 9.88 Å². The van der Waals surface area contributed by atoms with Crippen LogP contribution in [-0.4, -0.2) is 41.0 Å². The summed E-state index contributed by atoms with van der Waals surface area (Å²) in [5.41, 5.74) is 1.18. The van der Waals surface area contributed by atoms with E-state index in [1.54, 1.807) is 12.1 Å². The Morgan fingerprint density at radius 2 is 1.92 bits per heavy atom. The molecule has 1 fully saturated rings. The van der Waals surface area contributed by atoms with Gasteiger partial charge in [-0.25, -0.2) is 4.79 Å². The van der Waals surface area contributed by atoms with Crippen molar-refractivity contribution in [3.8, 4) is 0 Å². The van der Waals surface area contributed by atoms with E-state index >= 15 is 0 Å². The predicted molar refractivity (Wildman–Crippen MR) is 80.8 cm³/mol. The largest absolute Gasteiger partial charge is 0.471 e. The van der Waals surface area contributed by atoms with E-state index in [9.17, 15) is 27.6 Å². The highest BCUT2D eigenvalue weighted by Gasteiger charge is 2.43. The number of hydrogen-bond donors (Lipinski definition) is 2. The van der Waals surface area contributed by atoms with E-state index in [-0.39, 0.29) is 37.4 Å². The third kappa shape index (κ3) is 3.67. The molecule has 0 aliphatic carbocycles. The van der Waals surface area contributed by atoms with Gasteiger partial charge in [0.15, 0.2) is 5.58 Å². The summed E-state index contributed by atoms with van der Waals surface area (Å²) in [5, 5.41) is 2.65. The SMILES string of the molecule is O=C(Nc1ccc2[nH]c(=O)oc2c1)C1CCN(C(=O)C(F)(F)F)CC1. The number of rotatable bonds is 2. The number of H-pyrrole nitrogens is 1. The van der Waals surface area contributed by atoms with Crippen LogP contribution in [0, 0.1) is 5.92 Å². The molecule has 3 rings (SSSR count). The highest BCUT2D eigenvalue weighted by molar-refractivity contribution is 5.94. The van der Waals surface area contributed by atoms with Crippen LogP contribution in [-0.2, 0) is 9.59 Å². The highest BCUT2D eigenvalue weighted by atomic mass is 19.4. The first kappa shape index (κ1) is 17.1. The summed E-state index contributed by atoms with van der Waals surface area (Å²) in [6.07, 6.45) is -4.60. The Morgan fingerprint density at radius 3 is 2.56 bits per heavy atom. The molecule has 1 aromatic carbocycles. The third-order valence-corrected chi connectivity index (χ3v) is 4.08. The molecular weight excluding hydrogens is 343 g/mol. The lowest BCUT2D eigenvalue weighted by Gasteiger charge is -2.31. The topological polar surface area (TPSA) is 95.4 Å². The summed E-state index contributed by atoms with van der Waals surface area (Å²) in [5.74, 6) is -3.33. The van der Waals surface area contributed by atoms with Gasteiger partial charge >= 0.3 is 17.8 Å². The Kier molecular flexibility index (Phi) is 4.27. The molecule has 2 amide bonds. The molecule has 134 valence electrons. The Morgan fingerprint density at radius 1 is 1.24 bits per heavy atom. The molecule has 1 saturated heterocycles. The van der Waals surface area contributed by atoms with Crippen LogP contribution in [0.4, 0.5) is 18.9 Å². The van der Waals surface area contributed by atoms with Crippen LogP contribution < -0.4 is 11.1 Å². The molecule has 0 bridgehead atoms. The standard InChI is InChI=1S/C15H14F3N3O4/c16-15(17,18)13(23)21-5-3-8(4-6-21)12(22)19-9-1-2-10-11(7-9)25-14(24)20-10/h1-2,7-8H,3-6H2,(H,19,22)(H,20,24). The van der Waals surface area contributed by atoms with E-state index in [1.165, 1.54) is 6.07 Å². The van der Waals surface area contributed by atoms with Gasteiger partial charge < -0.3 is 14.6 Å². The molecule has 2 aromatic rings. The number of hydrogen-bond acceptors (Lipinski definition) is 4. The van der Waals surface area contributed by atoms with Crippen LogP contribution in [0.25, 0.3) is 11.1 Å². The van der Waals surface area contributed by atoms with Gasteiger partial charge in [0.1, 0.15) is 0 Å². The molecule has 0 unspecified atom stereocenters. The number of aromatic amines is 1. The van der Waals surface area contributed by atoms with Crippen LogP contribution in [0.1, 0.15) is 12.8 Å². The first-order chi connectivity index (χ1) is 11.7. The molecule has 0 spiro atoms. The lowest BCUT2D eigenvalue weighted by atomic mass is 9.95. The van der Waals surface area contributed by atoms with Gasteiger partial charge in [0.25, 0.3) is 0 Å². The molecule has 0 atom stereocenters. The van der Waals surface area contributed by atoms with Gasteiger partial charge in [0.05, 0.1) is 5.52 Å². The van der Waals surface area contributed by atoms with Gasteiger partial charge in [0, 0.05) is 30.8 Å². The number of halogens is 3. The van der Waals surface area contributed by atoms with Crippen LogP contribution in [0.3, 0.4) is 0 Å². The number of anilines is 1. The molecule has 1 aliphatic rings. The average molecular weight is 357 g/mol. The maximum atomic E-state index is 12.4. The Bertz CT molecular complexity index is 863. The number of fused-ring (bicyclic) bond motifs is 1. The van der Waals surface area contributed by atoms with Crippen molar-refractivity contribution in [2.24, 2.45) is 5.92 Å². The number of benzene rings is 1. The Labute approximate surface area is 138 Å². The van der Waals surface area contributed by atoms with Crippen LogP contribution >= 0.6 is 0 Å². The summed E-state index contributed by atoms with van der Waals surface area (Å²) in [6.45, 7) is -0.246. The maximum Gasteiger partial charge on any atom is 0.471 e. The smallest absolute Gasteiger partial charge is 0.408 e. The number of oxazole rings is 1. The van der Waals surface area contributed by atoms with Crippen molar-refractivity contribution < 1.29 is 27.2 Å². The molecule has 7 nitrogen and oxygen atoms in total. The van der Waals surface area contributed by atoms with Crippen molar-refractivity contribution in [1.29, 1.82) is 0 Å². The average Bonchev–Trinajstić information content (AvgIpc) is 2.92. The summed E-state index contributed by atoms with van der Waals surface area (Å²) in [7, 11) is 0. The lowest BCUT2D eigenvalue weighted by Crippen LogP contribution is -2.46. The van der Waals surface area contributed by atoms with Crippen molar-refractivity contribution in [2.75, 3.05) is 18.4 Å². The second-order valence-electron chi connectivity index (χ2n) is 5.78. The van der Waals surface area contributed by atoms with E-state index in [2.05, 4.69) is 10.3 Å². The minimum atomic E-state index is -4.90. The zero-order chi connectivity index (χ0) is 18.2. The molecule has 0 saturated carbocycles. The number of amides is 2. The van der Waals surface area contributed by atoms with Crippen molar-refractivity contribution in [3.05, 3.63) is 28.7 Å². The molecule has 2 N–H and O–H groups in total. The fourth-order valence-electron chi connectivity index (χ4n) is 2.79. The number of aromatic nitrogens is 1. The van der Waals surface area contributed by atoms with Gasteiger partial charge in [-0.3, -0.25) is 14.6 Å². The first-order valence-corrected chi connectivity index (χ1v) is 7.54. The molecule has 0 radical (unpaired) electrons. The second-order valence-corrected chi connectivity index (χ2v) is 5.78. The molecule has 1 aromatic heterocycles. The van der Waals surface area contributed by atoms with Gasteiger partial charge in [-0.1, -0.05) is 0 Å². The summed E-state index contributed by atoms with van der Waals surface area (Å²) >= 11 is 0. The van der Waals surface area contributed by atoms with Crippen LogP contribution in [0.15, 0.2) is 27.4 Å². The van der Waals surface area contributed by atoms with Crippen molar-refractivity contribution >= 4 is 28.6 Å². The quantitative estimate of drug-likeness (QED) is 0.858. The Hall–Kier alpha value is -2.78. The third-order valence-electron chi connectivity index (χ3n) is 4.08. The van der Waals surface area contributed by atoms with E-state index in [4.69, 9.17) is 4.42 Å². The molecule has 10 heteroatoms. The van der Waals surface area contributed by atoms with Gasteiger partial charge in [0.2, 0.25) is 5.91 Å². The monoisotopic (exact) mass is 357 g/mol. The van der Waals surface area contributed by atoms with Gasteiger partial charge in [-0.05, 0) is 25.0 Å². The normalized spacial score (nSPS) is 16.2. The fourth-order valence-corrected chi connectivity index (χ4v) is 2.79. The fraction of sp³-hybridized carbons (Fsp3) is 0.400. The molecule has 2 heterocycles. The first-order valence-electron chi connectivity index (χ1n) is 7.54. The molecule has 25 heavy (non-hydrogen) atoms. The highest BCUT2D eigenvalue weighted by Crippen LogP contribution is 2.25. The second kappa shape index (κ2) is 6.26. The van der Waals surface area contributed by atoms with Crippen molar-refractivity contribution in [3.63, 3.8) is 0 Å². The summed E-state index contributed by atoms with van der Waals surface area (Å²) in [4.78, 5) is 37.7.